The molecule has 0 saturated carbocycles. The minimum Gasteiger partial charge on any atom is -0.444 e. The molecule has 1 atom stereocenters. The Bertz CT molecular complexity index is 745. The van der Waals surface area contributed by atoms with E-state index in [-0.39, 0.29) is 31.7 Å². The Labute approximate surface area is 151 Å². The molecule has 3 rings (SSSR count). The van der Waals surface area contributed by atoms with Gasteiger partial charge in [-0.15, -0.1) is 0 Å². The summed E-state index contributed by atoms with van der Waals surface area (Å²) in [6, 6.07) is 6.03. The molecule has 1 fully saturated rings. The maximum absolute atomic E-state index is 12.6. The number of nitrogens with zero attached hydrogens (tertiary/aromatic N) is 2. The third-order valence-corrected chi connectivity index (χ3v) is 4.44. The van der Waals surface area contributed by atoms with Crippen molar-refractivity contribution in [2.75, 3.05) is 13.1 Å². The van der Waals surface area contributed by atoms with Crippen LogP contribution in [0, 0.1) is 0 Å². The third-order valence-electron chi connectivity index (χ3n) is 4.44. The van der Waals surface area contributed by atoms with Crippen LogP contribution in [0.15, 0.2) is 24.3 Å². The zero-order chi connectivity index (χ0) is 19.1. The normalized spacial score (nSPS) is 20.4. The summed E-state index contributed by atoms with van der Waals surface area (Å²) >= 11 is 0. The predicted molar refractivity (Wildman–Crippen MR) is 92.8 cm³/mol. The quantitative estimate of drug-likeness (QED) is 0.757. The highest BCUT2D eigenvalue weighted by molar-refractivity contribution is 6.21. The Balaban J connectivity index is 1.80. The van der Waals surface area contributed by atoms with Gasteiger partial charge in [0.25, 0.3) is 11.8 Å². The monoisotopic (exact) mass is 358 g/mol. The molecule has 0 aliphatic carbocycles. The molecule has 1 unspecified atom stereocenters. The van der Waals surface area contributed by atoms with Crippen molar-refractivity contribution in [1.82, 2.24) is 9.80 Å². The fourth-order valence-corrected chi connectivity index (χ4v) is 3.24. The van der Waals surface area contributed by atoms with E-state index in [1.807, 2.05) is 0 Å². The number of hydrogen-bond donors (Lipinski definition) is 0. The highest BCUT2D eigenvalue weighted by atomic mass is 16.6. The zero-order valence-electron chi connectivity index (χ0n) is 15.2. The summed E-state index contributed by atoms with van der Waals surface area (Å²) in [4.78, 5) is 52.1. The number of ketones is 1. The van der Waals surface area contributed by atoms with Crippen LogP contribution in [0.5, 0.6) is 0 Å². The number of fused-ring (bicyclic) bond motifs is 1. The summed E-state index contributed by atoms with van der Waals surface area (Å²) in [6.45, 7) is 5.50. The summed E-state index contributed by atoms with van der Waals surface area (Å²) in [6.07, 6.45) is -0.184. The molecule has 7 heteroatoms. The van der Waals surface area contributed by atoms with Gasteiger partial charge >= 0.3 is 6.09 Å². The lowest BCUT2D eigenvalue weighted by molar-refractivity contribution is -0.123. The zero-order valence-corrected chi connectivity index (χ0v) is 15.2. The minimum atomic E-state index is -0.668. The molecule has 1 saturated heterocycles. The SMILES string of the molecule is CC(C)(C)OC(=O)N1CCC(=O)CC1CN1C(=O)c2ccccc2C1=O. The lowest BCUT2D eigenvalue weighted by Gasteiger charge is -2.37. The van der Waals surface area contributed by atoms with E-state index >= 15 is 0 Å². The number of ether oxygens (including phenoxy) is 1. The molecular weight excluding hydrogens is 336 g/mol. The molecule has 7 nitrogen and oxygen atoms in total. The number of carbonyl (C=O) groups excluding carboxylic acids is 4. The van der Waals surface area contributed by atoms with Crippen molar-refractivity contribution < 1.29 is 23.9 Å². The molecule has 2 heterocycles. The molecule has 1 aromatic carbocycles. The maximum atomic E-state index is 12.6. The Hall–Kier alpha value is -2.70. The summed E-state index contributed by atoms with van der Waals surface area (Å²) in [5.74, 6) is -0.785. The van der Waals surface area contributed by atoms with Crippen LogP contribution in [0.2, 0.25) is 0 Å². The lowest BCUT2D eigenvalue weighted by atomic mass is 10.0. The van der Waals surface area contributed by atoms with Crippen molar-refractivity contribution in [3.8, 4) is 0 Å². The van der Waals surface area contributed by atoms with E-state index in [0.717, 1.165) is 4.90 Å². The van der Waals surface area contributed by atoms with Crippen LogP contribution in [0.3, 0.4) is 0 Å². The number of amides is 3. The Morgan fingerprint density at radius 1 is 1.12 bits per heavy atom. The molecule has 0 N–H and O–H groups in total. The van der Waals surface area contributed by atoms with Gasteiger partial charge in [0, 0.05) is 19.4 Å². The Morgan fingerprint density at radius 3 is 2.23 bits per heavy atom. The van der Waals surface area contributed by atoms with Gasteiger partial charge in [-0.1, -0.05) is 12.1 Å². The van der Waals surface area contributed by atoms with E-state index in [4.69, 9.17) is 4.74 Å². The van der Waals surface area contributed by atoms with E-state index in [1.54, 1.807) is 45.0 Å². The summed E-state index contributed by atoms with van der Waals surface area (Å²) in [7, 11) is 0. The highest BCUT2D eigenvalue weighted by Gasteiger charge is 2.40. The van der Waals surface area contributed by atoms with Gasteiger partial charge in [-0.2, -0.15) is 0 Å². The smallest absolute Gasteiger partial charge is 0.410 e. The van der Waals surface area contributed by atoms with Crippen LogP contribution < -0.4 is 0 Å². The minimum absolute atomic E-state index is 0.00594. The van der Waals surface area contributed by atoms with E-state index in [2.05, 4.69) is 0 Å². The van der Waals surface area contributed by atoms with Gasteiger partial charge in [0.15, 0.2) is 0 Å². The Kier molecular flexibility index (Phi) is 4.56. The van der Waals surface area contributed by atoms with Crippen molar-refractivity contribution in [1.29, 1.82) is 0 Å². The number of carbonyl (C=O) groups is 4. The molecule has 2 aliphatic rings. The van der Waals surface area contributed by atoms with Gasteiger partial charge in [-0.3, -0.25) is 19.3 Å². The molecule has 1 aromatic rings. The first-order valence-electron chi connectivity index (χ1n) is 8.64. The largest absolute Gasteiger partial charge is 0.444 e. The number of piperidine rings is 1. The Morgan fingerprint density at radius 2 is 1.69 bits per heavy atom. The molecular formula is C19H22N2O5. The van der Waals surface area contributed by atoms with Gasteiger partial charge in [-0.05, 0) is 32.9 Å². The van der Waals surface area contributed by atoms with Crippen LogP contribution in [0.4, 0.5) is 4.79 Å². The number of imide groups is 1. The van der Waals surface area contributed by atoms with Crippen LogP contribution in [0.1, 0.15) is 54.3 Å². The van der Waals surface area contributed by atoms with Crippen molar-refractivity contribution in [2.45, 2.75) is 45.3 Å². The molecule has 0 aromatic heterocycles. The number of benzene rings is 1. The average molecular weight is 358 g/mol. The van der Waals surface area contributed by atoms with E-state index < -0.39 is 29.6 Å². The first-order chi connectivity index (χ1) is 12.2. The van der Waals surface area contributed by atoms with Gasteiger partial charge in [0.1, 0.15) is 11.4 Å². The van der Waals surface area contributed by atoms with Crippen molar-refractivity contribution in [2.24, 2.45) is 0 Å². The van der Waals surface area contributed by atoms with Crippen molar-refractivity contribution >= 4 is 23.7 Å². The van der Waals surface area contributed by atoms with Gasteiger partial charge in [0.2, 0.25) is 0 Å². The molecule has 138 valence electrons. The fourth-order valence-electron chi connectivity index (χ4n) is 3.24. The van der Waals surface area contributed by atoms with Crippen LogP contribution in [-0.2, 0) is 9.53 Å². The summed E-state index contributed by atoms with van der Waals surface area (Å²) in [5.41, 5.74) is 0.0328. The van der Waals surface area contributed by atoms with Crippen LogP contribution in [0.25, 0.3) is 0 Å². The second-order valence-electron chi connectivity index (χ2n) is 7.59. The first-order valence-corrected chi connectivity index (χ1v) is 8.64. The molecule has 0 spiro atoms. The topological polar surface area (TPSA) is 84.0 Å². The predicted octanol–water partition coefficient (Wildman–Crippen LogP) is 2.25. The van der Waals surface area contributed by atoms with Crippen molar-refractivity contribution in [3.05, 3.63) is 35.4 Å². The molecule has 3 amide bonds. The standard InChI is InChI=1S/C19H22N2O5/c1-19(2,3)26-18(25)20-9-8-13(22)10-12(20)11-21-16(23)14-6-4-5-7-15(14)17(21)24/h4-7,12H,8-11H2,1-3H3. The van der Waals surface area contributed by atoms with Gasteiger partial charge in [0.05, 0.1) is 23.7 Å². The van der Waals surface area contributed by atoms with Gasteiger partial charge in [-0.25, -0.2) is 4.79 Å². The van der Waals surface area contributed by atoms with Crippen LogP contribution >= 0.6 is 0 Å². The molecule has 0 radical (unpaired) electrons. The highest BCUT2D eigenvalue weighted by Crippen LogP contribution is 2.26. The summed E-state index contributed by atoms with van der Waals surface area (Å²) < 4.78 is 5.41. The van der Waals surface area contributed by atoms with E-state index in [1.165, 1.54) is 4.90 Å². The van der Waals surface area contributed by atoms with E-state index in [0.29, 0.717) is 11.1 Å². The number of hydrogen-bond acceptors (Lipinski definition) is 5. The van der Waals surface area contributed by atoms with Crippen molar-refractivity contribution in [3.63, 3.8) is 0 Å². The molecule has 2 aliphatic heterocycles. The second kappa shape index (κ2) is 6.55. The van der Waals surface area contributed by atoms with Crippen LogP contribution in [-0.4, -0.2) is 58.2 Å². The molecule has 0 bridgehead atoms. The first kappa shape index (κ1) is 18.1. The number of Topliss-reactive ketones (excluding diaryl/α,β-unsaturated/α-hetero) is 1. The number of rotatable bonds is 2. The fraction of sp³-hybridized carbons (Fsp3) is 0.474. The maximum Gasteiger partial charge on any atom is 0.410 e. The second-order valence-corrected chi connectivity index (χ2v) is 7.59. The van der Waals surface area contributed by atoms with E-state index in [9.17, 15) is 19.2 Å². The third kappa shape index (κ3) is 3.47. The summed E-state index contributed by atoms with van der Waals surface area (Å²) in [5, 5.41) is 0. The van der Waals surface area contributed by atoms with Gasteiger partial charge < -0.3 is 9.64 Å². The number of likely N-dealkylation sites (tertiary alicyclic amines) is 1. The average Bonchev–Trinajstić information content (AvgIpc) is 2.79. The molecule has 26 heavy (non-hydrogen) atoms. The lowest BCUT2D eigenvalue weighted by Crippen LogP contribution is -2.53.